The van der Waals surface area contributed by atoms with Crippen LogP contribution in [0.4, 0.5) is 0 Å². The van der Waals surface area contributed by atoms with Crippen molar-refractivity contribution in [1.29, 1.82) is 0 Å². The van der Waals surface area contributed by atoms with E-state index in [-0.39, 0.29) is 0 Å². The molecule has 0 radical (unpaired) electrons. The van der Waals surface area contributed by atoms with Crippen molar-refractivity contribution in [3.05, 3.63) is 71.8 Å². The lowest BCUT2D eigenvalue weighted by atomic mass is 9.78. The Labute approximate surface area is 209 Å². The van der Waals surface area contributed by atoms with Crippen LogP contribution < -0.4 is 5.73 Å². The van der Waals surface area contributed by atoms with Crippen LogP contribution in [0.3, 0.4) is 0 Å². The highest BCUT2D eigenvalue weighted by Gasteiger charge is 2.54. The van der Waals surface area contributed by atoms with E-state index in [9.17, 15) is 19.8 Å². The van der Waals surface area contributed by atoms with Crippen molar-refractivity contribution in [2.75, 3.05) is 0 Å². The van der Waals surface area contributed by atoms with Crippen molar-refractivity contribution in [2.24, 2.45) is 11.1 Å². The van der Waals surface area contributed by atoms with Gasteiger partial charge in [-0.3, -0.25) is 9.59 Å². The number of nitrogens with two attached hydrogens (primary N) is 1. The lowest BCUT2D eigenvalue weighted by Gasteiger charge is -2.50. The summed E-state index contributed by atoms with van der Waals surface area (Å²) in [5.41, 5.74) is 3.82. The molecule has 4 N–H and O–H groups in total. The molecule has 2 aromatic carbocycles. The van der Waals surface area contributed by atoms with Gasteiger partial charge >= 0.3 is 0 Å². The van der Waals surface area contributed by atoms with E-state index < -0.39 is 40.5 Å². The average molecular weight is 481 g/mol. The molecule has 1 aliphatic carbocycles. The van der Waals surface area contributed by atoms with Crippen LogP contribution >= 0.6 is 0 Å². The molecule has 35 heavy (non-hydrogen) atoms. The lowest BCUT2D eigenvalue weighted by Crippen LogP contribution is -2.66. The SMILES string of the molecule is CC(C)(O)[C@@H](Cc1ccccc1)N(C(=O)C1(C(N)=O)CCCC1)[C@H](Cc1ccccc1)C(C)(C)O. The maximum atomic E-state index is 14.5. The standard InChI is InChI=1S/C29H40N2O4/c1-27(2,34)23(19-21-13-7-5-8-14-21)31(26(33)29(25(30)32)17-11-12-18-29)24(28(3,4)35)20-22-15-9-6-10-16-22/h5-10,13-16,23-24,34-35H,11-12,17-20H2,1-4H3,(H2,30,32)/t23-,24-/m1/s1. The fourth-order valence-electron chi connectivity index (χ4n) is 5.34. The maximum absolute atomic E-state index is 14.5. The Hall–Kier alpha value is -2.70. The van der Waals surface area contributed by atoms with Gasteiger partial charge in [0, 0.05) is 0 Å². The first-order valence-electron chi connectivity index (χ1n) is 12.5. The van der Waals surface area contributed by atoms with E-state index in [1.165, 1.54) is 0 Å². The highest BCUT2D eigenvalue weighted by Crippen LogP contribution is 2.42. The molecule has 0 unspecified atom stereocenters. The van der Waals surface area contributed by atoms with Gasteiger partial charge in [0.15, 0.2) is 0 Å². The predicted molar refractivity (Wildman–Crippen MR) is 137 cm³/mol. The summed E-state index contributed by atoms with van der Waals surface area (Å²) in [6.45, 7) is 6.71. The predicted octanol–water partition coefficient (Wildman–Crippen LogP) is 3.63. The molecular weight excluding hydrogens is 440 g/mol. The van der Waals surface area contributed by atoms with E-state index >= 15 is 0 Å². The fraction of sp³-hybridized carbons (Fsp3) is 0.517. The summed E-state index contributed by atoms with van der Waals surface area (Å²) in [6, 6.07) is 17.9. The zero-order chi connectivity index (χ0) is 25.9. The van der Waals surface area contributed by atoms with Gasteiger partial charge in [-0.15, -0.1) is 0 Å². The number of carbonyl (C=O) groups is 2. The number of carbonyl (C=O) groups excluding carboxylic acids is 2. The van der Waals surface area contributed by atoms with Crippen LogP contribution in [0, 0.1) is 5.41 Å². The largest absolute Gasteiger partial charge is 0.388 e. The van der Waals surface area contributed by atoms with E-state index in [0.717, 1.165) is 24.0 Å². The van der Waals surface area contributed by atoms with Crippen LogP contribution in [0.25, 0.3) is 0 Å². The molecule has 2 amide bonds. The molecule has 0 bridgehead atoms. The fourth-order valence-corrected chi connectivity index (χ4v) is 5.34. The van der Waals surface area contributed by atoms with E-state index in [2.05, 4.69) is 0 Å². The number of hydrogen-bond acceptors (Lipinski definition) is 4. The monoisotopic (exact) mass is 480 g/mol. The molecule has 2 aromatic rings. The molecular formula is C29H40N2O4. The Morgan fingerprint density at radius 2 is 1.20 bits per heavy atom. The molecule has 0 heterocycles. The van der Waals surface area contributed by atoms with Gasteiger partial charge in [-0.05, 0) is 64.5 Å². The molecule has 6 nitrogen and oxygen atoms in total. The first-order valence-corrected chi connectivity index (χ1v) is 12.5. The average Bonchev–Trinajstić information content (AvgIpc) is 3.29. The number of nitrogens with zero attached hydrogens (tertiary/aromatic N) is 1. The molecule has 1 saturated carbocycles. The number of amides is 2. The molecule has 6 heteroatoms. The smallest absolute Gasteiger partial charge is 0.238 e. The third kappa shape index (κ3) is 6.11. The van der Waals surface area contributed by atoms with Gasteiger partial charge in [0.05, 0.1) is 23.3 Å². The quantitative estimate of drug-likeness (QED) is 0.452. The minimum atomic E-state index is -1.33. The summed E-state index contributed by atoms with van der Waals surface area (Å²) < 4.78 is 0. The van der Waals surface area contributed by atoms with E-state index in [4.69, 9.17) is 5.73 Å². The van der Waals surface area contributed by atoms with Crippen LogP contribution in [0.1, 0.15) is 64.5 Å². The van der Waals surface area contributed by atoms with Gasteiger partial charge < -0.3 is 20.8 Å². The molecule has 0 spiro atoms. The third-order valence-electron chi connectivity index (χ3n) is 7.42. The topological polar surface area (TPSA) is 104 Å². The van der Waals surface area contributed by atoms with Crippen molar-refractivity contribution in [1.82, 2.24) is 4.90 Å². The summed E-state index contributed by atoms with van der Waals surface area (Å²) >= 11 is 0. The summed E-state index contributed by atoms with van der Waals surface area (Å²) in [7, 11) is 0. The van der Waals surface area contributed by atoms with Crippen LogP contribution in [0.5, 0.6) is 0 Å². The Kier molecular flexibility index (Phi) is 8.07. The number of rotatable bonds is 10. The minimum absolute atomic E-state index is 0.367. The van der Waals surface area contributed by atoms with Crippen molar-refractivity contribution >= 4 is 11.8 Å². The van der Waals surface area contributed by atoms with Crippen LogP contribution in [0.2, 0.25) is 0 Å². The van der Waals surface area contributed by atoms with Gasteiger partial charge in [0.1, 0.15) is 5.41 Å². The van der Waals surface area contributed by atoms with Crippen molar-refractivity contribution in [3.8, 4) is 0 Å². The normalized spacial score (nSPS) is 17.5. The van der Waals surface area contributed by atoms with Crippen molar-refractivity contribution in [3.63, 3.8) is 0 Å². The zero-order valence-corrected chi connectivity index (χ0v) is 21.4. The molecule has 0 aromatic heterocycles. The molecule has 1 aliphatic rings. The van der Waals surface area contributed by atoms with Crippen LogP contribution in [-0.2, 0) is 22.4 Å². The summed E-state index contributed by atoms with van der Waals surface area (Å²) in [5, 5.41) is 22.8. The van der Waals surface area contributed by atoms with Crippen LogP contribution in [-0.4, -0.2) is 50.2 Å². The van der Waals surface area contributed by atoms with E-state index in [1.807, 2.05) is 60.7 Å². The van der Waals surface area contributed by atoms with Gasteiger partial charge in [0.25, 0.3) is 0 Å². The minimum Gasteiger partial charge on any atom is -0.388 e. The Morgan fingerprint density at radius 3 is 1.51 bits per heavy atom. The van der Waals surface area contributed by atoms with Gasteiger partial charge in [0.2, 0.25) is 11.8 Å². The first kappa shape index (κ1) is 26.9. The van der Waals surface area contributed by atoms with Crippen LogP contribution in [0.15, 0.2) is 60.7 Å². The Bertz CT molecular complexity index is 927. The Balaban J connectivity index is 2.18. The maximum Gasteiger partial charge on any atom is 0.238 e. The van der Waals surface area contributed by atoms with Crippen molar-refractivity contribution < 1.29 is 19.8 Å². The third-order valence-corrected chi connectivity index (χ3v) is 7.42. The molecule has 2 atom stereocenters. The summed E-state index contributed by atoms with van der Waals surface area (Å²) in [6.07, 6.45) is 2.97. The number of benzene rings is 2. The first-order chi connectivity index (χ1) is 16.4. The molecule has 3 rings (SSSR count). The lowest BCUT2D eigenvalue weighted by molar-refractivity contribution is -0.166. The second-order valence-electron chi connectivity index (χ2n) is 11.1. The molecule has 1 fully saturated rings. The molecule has 0 saturated heterocycles. The second kappa shape index (κ2) is 10.5. The molecule has 0 aliphatic heterocycles. The number of hydrogen-bond donors (Lipinski definition) is 3. The number of primary amides is 1. The highest BCUT2D eigenvalue weighted by molar-refractivity contribution is 6.05. The van der Waals surface area contributed by atoms with Crippen molar-refractivity contribution in [2.45, 2.75) is 89.5 Å². The Morgan fingerprint density at radius 1 is 0.829 bits per heavy atom. The van der Waals surface area contributed by atoms with E-state index in [0.29, 0.717) is 25.7 Å². The van der Waals surface area contributed by atoms with Gasteiger partial charge in [-0.25, -0.2) is 0 Å². The molecule has 190 valence electrons. The summed E-state index contributed by atoms with van der Waals surface area (Å²) in [5.74, 6) is -1.03. The zero-order valence-electron chi connectivity index (χ0n) is 21.4. The highest BCUT2D eigenvalue weighted by atomic mass is 16.3. The van der Waals surface area contributed by atoms with Gasteiger partial charge in [-0.1, -0.05) is 73.5 Å². The van der Waals surface area contributed by atoms with E-state index in [1.54, 1.807) is 32.6 Å². The number of aliphatic hydroxyl groups is 2. The second-order valence-corrected chi connectivity index (χ2v) is 11.1. The summed E-state index contributed by atoms with van der Waals surface area (Å²) in [4.78, 5) is 28.9. The van der Waals surface area contributed by atoms with Gasteiger partial charge in [-0.2, -0.15) is 0 Å².